The summed E-state index contributed by atoms with van der Waals surface area (Å²) >= 11 is 3.59. The molecule has 0 amide bonds. The number of rotatable bonds is 8. The summed E-state index contributed by atoms with van der Waals surface area (Å²) in [6, 6.07) is 11.1. The lowest BCUT2D eigenvalue weighted by molar-refractivity contribution is -0.242. The second kappa shape index (κ2) is 9.81. The highest BCUT2D eigenvalue weighted by Crippen LogP contribution is 2.51. The molecule has 0 fully saturated rings. The van der Waals surface area contributed by atoms with Crippen LogP contribution in [0.4, 0.5) is 0 Å². The van der Waals surface area contributed by atoms with Crippen molar-refractivity contribution in [1.82, 2.24) is 0 Å². The van der Waals surface area contributed by atoms with Gasteiger partial charge in [-0.2, -0.15) is 0 Å². The largest absolute Gasteiger partial charge is 0.490 e. The number of ketones is 1. The Kier molecular flexibility index (Phi) is 7.53. The molecule has 0 saturated heterocycles. The van der Waals surface area contributed by atoms with Gasteiger partial charge in [-0.05, 0) is 57.5 Å². The van der Waals surface area contributed by atoms with Crippen molar-refractivity contribution in [3.05, 3.63) is 52.0 Å². The molecule has 0 aromatic heterocycles. The summed E-state index contributed by atoms with van der Waals surface area (Å²) < 4.78 is 31.1. The predicted molar refractivity (Wildman–Crippen MR) is 126 cm³/mol. The summed E-state index contributed by atoms with van der Waals surface area (Å²) in [5.41, 5.74) is 0.969. The summed E-state index contributed by atoms with van der Waals surface area (Å²) in [6.45, 7) is 11.4. The first-order chi connectivity index (χ1) is 15.1. The number of hydrogen-bond donors (Lipinski definition) is 0. The lowest BCUT2D eigenvalue weighted by Crippen LogP contribution is -2.55. The number of carbonyl (C=O) groups is 1. The van der Waals surface area contributed by atoms with Crippen molar-refractivity contribution < 1.29 is 28.5 Å². The predicted octanol–water partition coefficient (Wildman–Crippen LogP) is 5.89. The van der Waals surface area contributed by atoms with Crippen molar-refractivity contribution in [2.45, 2.75) is 71.7 Å². The molecule has 1 heterocycles. The molecule has 7 heteroatoms. The Morgan fingerprint density at radius 2 is 1.53 bits per heavy atom. The molecule has 0 saturated carbocycles. The minimum Gasteiger partial charge on any atom is -0.490 e. The van der Waals surface area contributed by atoms with Gasteiger partial charge in [0, 0.05) is 18.7 Å². The molecule has 0 radical (unpaired) electrons. The summed E-state index contributed by atoms with van der Waals surface area (Å²) in [6.07, 6.45) is -1.53. The molecule has 2 unspecified atom stereocenters. The van der Waals surface area contributed by atoms with E-state index in [1.807, 2.05) is 71.9 Å². The first-order valence-corrected chi connectivity index (χ1v) is 11.6. The zero-order valence-corrected chi connectivity index (χ0v) is 21.2. The standard InChI is InChI=1S/C25H31BrO6/c1-14(2)29-18-13-19(30-15(3)4)21(26)23-20(18)22(27)24(31-16(5)6)25(28-7,32-23)17-11-9-8-10-12-17/h8-16,24H,1-7H3. The van der Waals surface area contributed by atoms with Crippen LogP contribution in [0.1, 0.15) is 57.5 Å². The van der Waals surface area contributed by atoms with Gasteiger partial charge in [-0.15, -0.1) is 0 Å². The highest BCUT2D eigenvalue weighted by molar-refractivity contribution is 9.10. The second-order valence-electron chi connectivity index (χ2n) is 8.49. The SMILES string of the molecule is COC1(c2ccccc2)Oc2c(Br)c(OC(C)C)cc(OC(C)C)c2C(=O)C1OC(C)C. The van der Waals surface area contributed by atoms with Crippen LogP contribution < -0.4 is 14.2 Å². The molecule has 0 bridgehead atoms. The van der Waals surface area contributed by atoms with E-state index in [1.54, 1.807) is 6.07 Å². The van der Waals surface area contributed by atoms with Crippen molar-refractivity contribution in [2.24, 2.45) is 0 Å². The highest BCUT2D eigenvalue weighted by atomic mass is 79.9. The third kappa shape index (κ3) is 4.65. The maximum absolute atomic E-state index is 14.0. The van der Waals surface area contributed by atoms with Crippen LogP contribution >= 0.6 is 15.9 Å². The number of hydrogen-bond acceptors (Lipinski definition) is 6. The van der Waals surface area contributed by atoms with Crippen LogP contribution in [0.5, 0.6) is 17.2 Å². The Labute approximate surface area is 198 Å². The van der Waals surface area contributed by atoms with Gasteiger partial charge in [0.15, 0.2) is 11.9 Å². The third-order valence-corrected chi connectivity index (χ3v) is 5.60. The fraction of sp³-hybridized carbons (Fsp3) is 0.480. The average Bonchev–Trinajstić information content (AvgIpc) is 2.72. The summed E-state index contributed by atoms with van der Waals surface area (Å²) in [5, 5.41) is 0. The average molecular weight is 507 g/mol. The zero-order chi connectivity index (χ0) is 23.6. The van der Waals surface area contributed by atoms with E-state index >= 15 is 0 Å². The first-order valence-electron chi connectivity index (χ1n) is 10.8. The molecule has 0 aliphatic carbocycles. The van der Waals surface area contributed by atoms with E-state index in [-0.39, 0.29) is 24.1 Å². The second-order valence-corrected chi connectivity index (χ2v) is 9.29. The number of halogens is 1. The zero-order valence-electron chi connectivity index (χ0n) is 19.6. The quantitative estimate of drug-likeness (QED) is 0.444. The number of benzene rings is 2. The topological polar surface area (TPSA) is 63.2 Å². The lowest BCUT2D eigenvalue weighted by atomic mass is 9.89. The first kappa shape index (κ1) is 24.6. The molecule has 174 valence electrons. The van der Waals surface area contributed by atoms with Crippen LogP contribution in [0.15, 0.2) is 40.9 Å². The Morgan fingerprint density at radius 3 is 2.06 bits per heavy atom. The van der Waals surface area contributed by atoms with E-state index in [2.05, 4.69) is 15.9 Å². The third-order valence-electron chi connectivity index (χ3n) is 4.85. The van der Waals surface area contributed by atoms with Crippen LogP contribution in [0.3, 0.4) is 0 Å². The Morgan fingerprint density at radius 1 is 0.938 bits per heavy atom. The van der Waals surface area contributed by atoms with Crippen LogP contribution in [0.25, 0.3) is 0 Å². The van der Waals surface area contributed by atoms with Gasteiger partial charge in [0.25, 0.3) is 5.79 Å². The Balaban J connectivity index is 2.30. The van der Waals surface area contributed by atoms with Gasteiger partial charge >= 0.3 is 0 Å². The Bertz CT molecular complexity index is 957. The van der Waals surface area contributed by atoms with Gasteiger partial charge in [0.05, 0.1) is 18.3 Å². The summed E-state index contributed by atoms with van der Waals surface area (Å²) in [7, 11) is 1.51. The normalized spacial score (nSPS) is 20.5. The number of methoxy groups -OCH3 is 1. The van der Waals surface area contributed by atoms with Gasteiger partial charge in [-0.3, -0.25) is 4.79 Å². The summed E-state index contributed by atoms with van der Waals surface area (Å²) in [4.78, 5) is 14.0. The van der Waals surface area contributed by atoms with Gasteiger partial charge in [0.1, 0.15) is 21.5 Å². The molecule has 0 spiro atoms. The maximum Gasteiger partial charge on any atom is 0.271 e. The van der Waals surface area contributed by atoms with Crippen molar-refractivity contribution in [2.75, 3.05) is 7.11 Å². The van der Waals surface area contributed by atoms with E-state index in [0.717, 1.165) is 0 Å². The number of fused-ring (bicyclic) bond motifs is 1. The molecule has 2 atom stereocenters. The fourth-order valence-corrected chi connectivity index (χ4v) is 4.17. The van der Waals surface area contributed by atoms with Crippen LogP contribution in [-0.2, 0) is 15.3 Å². The minimum absolute atomic E-state index is 0.0890. The maximum atomic E-state index is 14.0. The van der Waals surface area contributed by atoms with E-state index in [1.165, 1.54) is 7.11 Å². The van der Waals surface area contributed by atoms with E-state index < -0.39 is 11.9 Å². The van der Waals surface area contributed by atoms with Crippen molar-refractivity contribution >= 4 is 21.7 Å². The molecule has 32 heavy (non-hydrogen) atoms. The minimum atomic E-state index is -1.48. The van der Waals surface area contributed by atoms with Crippen LogP contribution in [0.2, 0.25) is 0 Å². The van der Waals surface area contributed by atoms with Crippen molar-refractivity contribution in [3.8, 4) is 17.2 Å². The molecular formula is C25H31BrO6. The number of carbonyl (C=O) groups excluding carboxylic acids is 1. The summed E-state index contributed by atoms with van der Waals surface area (Å²) in [5.74, 6) is -0.558. The van der Waals surface area contributed by atoms with E-state index in [4.69, 9.17) is 23.7 Å². The highest BCUT2D eigenvalue weighted by Gasteiger charge is 2.55. The molecule has 3 rings (SSSR count). The monoisotopic (exact) mass is 506 g/mol. The van der Waals surface area contributed by atoms with Gasteiger partial charge < -0.3 is 23.7 Å². The van der Waals surface area contributed by atoms with Gasteiger partial charge in [0.2, 0.25) is 5.78 Å². The molecule has 1 aliphatic heterocycles. The van der Waals surface area contributed by atoms with Gasteiger partial charge in [-0.25, -0.2) is 0 Å². The number of ether oxygens (including phenoxy) is 5. The molecule has 2 aromatic carbocycles. The van der Waals surface area contributed by atoms with E-state index in [0.29, 0.717) is 32.8 Å². The van der Waals surface area contributed by atoms with Crippen LogP contribution in [0, 0.1) is 0 Å². The lowest BCUT2D eigenvalue weighted by Gasteiger charge is -2.43. The van der Waals surface area contributed by atoms with Crippen LogP contribution in [-0.4, -0.2) is 37.3 Å². The van der Waals surface area contributed by atoms with Crippen molar-refractivity contribution in [1.29, 1.82) is 0 Å². The molecular weight excluding hydrogens is 476 g/mol. The molecule has 6 nitrogen and oxygen atoms in total. The van der Waals surface area contributed by atoms with Crippen molar-refractivity contribution in [3.63, 3.8) is 0 Å². The van der Waals surface area contributed by atoms with E-state index in [9.17, 15) is 4.79 Å². The number of Topliss-reactive ketones (excluding diaryl/α,β-unsaturated/α-hetero) is 1. The molecule has 2 aromatic rings. The van der Waals surface area contributed by atoms with Gasteiger partial charge in [-0.1, -0.05) is 30.3 Å². The Hall–Kier alpha value is -2.09. The molecule has 1 aliphatic rings. The smallest absolute Gasteiger partial charge is 0.271 e. The molecule has 0 N–H and O–H groups in total. The fourth-order valence-electron chi connectivity index (χ4n) is 3.68.